The van der Waals surface area contributed by atoms with Crippen LogP contribution in [-0.2, 0) is 21.2 Å². The van der Waals surface area contributed by atoms with Crippen molar-refractivity contribution in [2.75, 3.05) is 5.75 Å². The van der Waals surface area contributed by atoms with Crippen LogP contribution in [0.2, 0.25) is 0 Å². The highest BCUT2D eigenvalue weighted by molar-refractivity contribution is 7.89. The van der Waals surface area contributed by atoms with Crippen molar-refractivity contribution in [3.63, 3.8) is 0 Å². The van der Waals surface area contributed by atoms with Gasteiger partial charge in [0.15, 0.2) is 5.60 Å². The molecule has 37 heavy (non-hydrogen) atoms. The molecule has 0 spiro atoms. The summed E-state index contributed by atoms with van der Waals surface area (Å²) in [5, 5.41) is 10.7. The first-order valence-corrected chi connectivity index (χ1v) is 13.3. The minimum Gasteiger partial charge on any atom is -0.380 e. The molecule has 1 aliphatic heterocycles. The number of piperidine rings is 1. The smallest absolute Gasteiger partial charge is 0.255 e. The SMILES string of the molecule is [2H]C1([2H])[C@@H]2[C@@H](NS(=O)(=O)CC)[C@@H](Cc3cccc(-c4cc(F)cc(F)c4)c3F)N(C(=O)C3(O)CC(F)(F)C3)[C@@H]21. The van der Waals surface area contributed by atoms with Gasteiger partial charge in [-0.2, -0.15) is 0 Å². The Morgan fingerprint density at radius 3 is 2.43 bits per heavy atom. The van der Waals surface area contributed by atoms with E-state index in [0.29, 0.717) is 6.07 Å². The Morgan fingerprint density at radius 1 is 1.19 bits per heavy atom. The van der Waals surface area contributed by atoms with Crippen LogP contribution in [0.1, 0.15) is 34.4 Å². The number of carbonyl (C=O) groups is 1. The number of fused-ring (bicyclic) bond motifs is 1. The summed E-state index contributed by atoms with van der Waals surface area (Å²) in [7, 11) is -3.96. The van der Waals surface area contributed by atoms with Crippen LogP contribution in [0, 0.1) is 23.4 Å². The van der Waals surface area contributed by atoms with E-state index in [1.807, 2.05) is 0 Å². The van der Waals surface area contributed by atoms with Gasteiger partial charge in [0, 0.05) is 39.3 Å². The molecule has 4 atom stereocenters. The Hall–Kier alpha value is -2.57. The maximum atomic E-state index is 15.7. The molecule has 12 heteroatoms. The van der Waals surface area contributed by atoms with Gasteiger partial charge >= 0.3 is 0 Å². The van der Waals surface area contributed by atoms with Crippen molar-refractivity contribution in [2.24, 2.45) is 5.92 Å². The van der Waals surface area contributed by atoms with Gasteiger partial charge in [-0.25, -0.2) is 35.1 Å². The third-order valence-corrected chi connectivity index (χ3v) is 8.56. The lowest BCUT2D eigenvalue weighted by Gasteiger charge is -2.45. The lowest BCUT2D eigenvalue weighted by atomic mass is 9.75. The fourth-order valence-corrected chi connectivity index (χ4v) is 6.23. The van der Waals surface area contributed by atoms with Crippen LogP contribution in [0.4, 0.5) is 22.0 Å². The number of hydrogen-bond acceptors (Lipinski definition) is 4. The highest BCUT2D eigenvalue weighted by atomic mass is 32.2. The van der Waals surface area contributed by atoms with Crippen LogP contribution in [0.3, 0.4) is 0 Å². The van der Waals surface area contributed by atoms with Gasteiger partial charge in [-0.05, 0) is 48.9 Å². The van der Waals surface area contributed by atoms with Crippen LogP contribution >= 0.6 is 0 Å². The van der Waals surface area contributed by atoms with Crippen LogP contribution < -0.4 is 4.72 Å². The number of rotatable bonds is 7. The second-order valence-electron chi connectivity index (χ2n) is 9.85. The van der Waals surface area contributed by atoms with Crippen LogP contribution in [0.25, 0.3) is 11.1 Å². The second kappa shape index (κ2) is 8.74. The molecule has 5 rings (SSSR count). The first kappa shape index (κ1) is 23.5. The molecule has 3 aliphatic rings. The number of likely N-dealkylation sites (tertiary alicyclic amines) is 1. The first-order chi connectivity index (χ1) is 18.0. The number of alkyl halides is 2. The Bertz CT molecular complexity index is 1430. The molecule has 200 valence electrons. The van der Waals surface area contributed by atoms with E-state index in [4.69, 9.17) is 2.74 Å². The Kier molecular flexibility index (Phi) is 5.56. The topological polar surface area (TPSA) is 86.7 Å². The predicted octanol–water partition coefficient (Wildman–Crippen LogP) is 3.38. The van der Waals surface area contributed by atoms with Crippen molar-refractivity contribution in [2.45, 2.75) is 62.2 Å². The third kappa shape index (κ3) is 4.74. The van der Waals surface area contributed by atoms with Crippen molar-refractivity contribution in [1.82, 2.24) is 9.62 Å². The number of hydrogen-bond donors (Lipinski definition) is 2. The lowest BCUT2D eigenvalue weighted by Crippen LogP contribution is -2.64. The summed E-state index contributed by atoms with van der Waals surface area (Å²) in [5.41, 5.74) is -2.86. The van der Waals surface area contributed by atoms with E-state index in [2.05, 4.69) is 4.72 Å². The summed E-state index contributed by atoms with van der Waals surface area (Å²) >= 11 is 0. The average molecular weight is 547 g/mol. The molecule has 0 radical (unpaired) electrons. The van der Waals surface area contributed by atoms with Gasteiger partial charge in [0.1, 0.15) is 17.5 Å². The fraction of sp³-hybridized carbons (Fsp3) is 0.480. The number of nitrogens with one attached hydrogen (secondary N) is 1. The van der Waals surface area contributed by atoms with Crippen molar-refractivity contribution in [3.8, 4) is 11.1 Å². The largest absolute Gasteiger partial charge is 0.380 e. The lowest BCUT2D eigenvalue weighted by molar-refractivity contribution is -0.216. The van der Waals surface area contributed by atoms with Gasteiger partial charge in [0.05, 0.1) is 11.8 Å². The minimum atomic E-state index is -3.96. The maximum Gasteiger partial charge on any atom is 0.255 e. The summed E-state index contributed by atoms with van der Waals surface area (Å²) in [6.07, 6.45) is -4.84. The Labute approximate surface area is 213 Å². The van der Waals surface area contributed by atoms with Crippen molar-refractivity contribution in [3.05, 3.63) is 59.4 Å². The van der Waals surface area contributed by atoms with Crippen LogP contribution in [0.5, 0.6) is 0 Å². The highest BCUT2D eigenvalue weighted by Gasteiger charge is 2.67. The van der Waals surface area contributed by atoms with Gasteiger partial charge in [0.2, 0.25) is 10.0 Å². The minimum absolute atomic E-state index is 0.0894. The fourth-order valence-electron chi connectivity index (χ4n) is 5.35. The zero-order valence-electron chi connectivity index (χ0n) is 21.5. The van der Waals surface area contributed by atoms with E-state index in [1.165, 1.54) is 25.1 Å². The normalized spacial score (nSPS) is 29.6. The molecule has 2 saturated carbocycles. The Balaban J connectivity index is 1.55. The van der Waals surface area contributed by atoms with Crippen molar-refractivity contribution in [1.29, 1.82) is 0 Å². The maximum absolute atomic E-state index is 15.7. The van der Waals surface area contributed by atoms with Crippen molar-refractivity contribution < 1.29 is 43.0 Å². The van der Waals surface area contributed by atoms with Crippen LogP contribution in [0.15, 0.2) is 36.4 Å². The molecule has 1 saturated heterocycles. The number of nitrogens with zero attached hydrogens (tertiary/aromatic N) is 1. The van der Waals surface area contributed by atoms with E-state index in [-0.39, 0.29) is 22.4 Å². The van der Waals surface area contributed by atoms with E-state index in [1.54, 1.807) is 0 Å². The zero-order valence-corrected chi connectivity index (χ0v) is 20.3. The first-order valence-electron chi connectivity index (χ1n) is 12.7. The molecule has 0 bridgehead atoms. The predicted molar refractivity (Wildman–Crippen MR) is 124 cm³/mol. The molecule has 2 N–H and O–H groups in total. The highest BCUT2D eigenvalue weighted by Crippen LogP contribution is 2.53. The second-order valence-corrected chi connectivity index (χ2v) is 11.9. The summed E-state index contributed by atoms with van der Waals surface area (Å²) < 4.78 is 115. The summed E-state index contributed by atoms with van der Waals surface area (Å²) in [5.74, 6) is -8.73. The third-order valence-electron chi connectivity index (χ3n) is 7.16. The molecule has 1 heterocycles. The molecular formula is C25H25F5N2O4S. The molecule has 6 nitrogen and oxygen atoms in total. The summed E-state index contributed by atoms with van der Waals surface area (Å²) in [6, 6.07) is 2.71. The van der Waals surface area contributed by atoms with Crippen molar-refractivity contribution >= 4 is 15.9 Å². The van der Waals surface area contributed by atoms with Gasteiger partial charge in [-0.3, -0.25) is 4.79 Å². The van der Waals surface area contributed by atoms with Crippen LogP contribution in [-0.4, -0.2) is 59.7 Å². The number of aliphatic hydroxyl groups is 1. The molecule has 0 unspecified atom stereocenters. The monoisotopic (exact) mass is 546 g/mol. The number of amides is 1. The summed E-state index contributed by atoms with van der Waals surface area (Å²) in [4.78, 5) is 14.3. The summed E-state index contributed by atoms with van der Waals surface area (Å²) in [6.45, 7) is 1.34. The number of carbonyl (C=O) groups excluding carboxylic acids is 1. The molecule has 1 amide bonds. The number of sulfonamides is 1. The molecular weight excluding hydrogens is 519 g/mol. The van der Waals surface area contributed by atoms with E-state index >= 15 is 4.39 Å². The zero-order chi connectivity index (χ0) is 28.7. The molecule has 2 aromatic rings. The number of halogens is 5. The van der Waals surface area contributed by atoms with E-state index < -0.39 is 94.6 Å². The molecule has 0 aromatic heterocycles. The van der Waals surface area contributed by atoms with E-state index in [0.717, 1.165) is 17.0 Å². The molecule has 2 aromatic carbocycles. The number of benzene rings is 2. The van der Waals surface area contributed by atoms with Gasteiger partial charge in [-0.1, -0.05) is 18.2 Å². The van der Waals surface area contributed by atoms with Gasteiger partial charge in [0.25, 0.3) is 11.8 Å². The standard InChI is InChI=1S/C25H25F5N2O4S/c1-2-37(35,36)31-22-18-10-19(18)32(23(33)24(34)11-25(29,30)12-24)20(22)8-13-4-3-5-17(21(13)28)14-6-15(26)9-16(27)7-14/h3-7,9,18-20,22,31,34H,2,8,10-12H2,1H3/t18-,19+,20+,22+/m0/s1/i10D2. The quantitative estimate of drug-likeness (QED) is 0.522. The average Bonchev–Trinajstić information content (AvgIpc) is 3.20. The Morgan fingerprint density at radius 2 is 1.84 bits per heavy atom. The van der Waals surface area contributed by atoms with E-state index in [9.17, 15) is 35.9 Å². The van der Waals surface area contributed by atoms with Gasteiger partial charge < -0.3 is 10.0 Å². The molecule has 3 fully saturated rings. The van der Waals surface area contributed by atoms with Gasteiger partial charge in [-0.15, -0.1) is 0 Å². The molecule has 2 aliphatic carbocycles.